The van der Waals surface area contributed by atoms with Crippen LogP contribution in [0.15, 0.2) is 131 Å². The number of hydrogen-bond acceptors (Lipinski definition) is 17. The lowest BCUT2D eigenvalue weighted by Gasteiger charge is -2.16. The second kappa shape index (κ2) is 16.9. The molecular formula is C37H30N8O13S4. The molecule has 5 aromatic carbocycles. The Bertz CT molecular complexity index is 3360. The second-order valence-corrected chi connectivity index (χ2v) is 18.5. The average Bonchev–Trinajstić information content (AvgIpc) is 3.18. The van der Waals surface area contributed by atoms with Crippen molar-refractivity contribution >= 4 is 97.0 Å². The number of rotatable bonds is 13. The molecule has 0 aliphatic rings. The number of aromatic nitrogens is 1. The van der Waals surface area contributed by atoms with Crippen LogP contribution in [0.2, 0.25) is 0 Å². The normalized spacial score (nSPS) is 12.5. The summed E-state index contributed by atoms with van der Waals surface area (Å²) >= 11 is 0. The van der Waals surface area contributed by atoms with Gasteiger partial charge in [0.1, 0.15) is 38.7 Å². The van der Waals surface area contributed by atoms with Gasteiger partial charge in [-0.1, -0.05) is 18.2 Å². The first kappa shape index (κ1) is 44.8. The lowest BCUT2D eigenvalue weighted by Crippen LogP contribution is -2.05. The zero-order valence-electron chi connectivity index (χ0n) is 31.9. The van der Waals surface area contributed by atoms with Crippen molar-refractivity contribution < 1.29 is 56.6 Å². The fourth-order valence-corrected chi connectivity index (χ4v) is 8.41. The summed E-state index contributed by atoms with van der Waals surface area (Å²) in [6.07, 6.45) is 0. The van der Waals surface area contributed by atoms with E-state index < -0.39 is 55.2 Å². The van der Waals surface area contributed by atoms with Crippen LogP contribution in [0.4, 0.5) is 45.8 Å². The highest BCUT2D eigenvalue weighted by atomic mass is 32.2. The van der Waals surface area contributed by atoms with Crippen LogP contribution in [0.25, 0.3) is 10.8 Å². The number of fused-ring (bicyclic) bond motifs is 1. The van der Waals surface area contributed by atoms with Crippen molar-refractivity contribution in [2.24, 2.45) is 20.5 Å². The molecule has 6 N–H and O–H groups in total. The highest BCUT2D eigenvalue weighted by Crippen LogP contribution is 2.42. The minimum Gasteiger partial charge on any atom is -0.494 e. The number of methoxy groups -OCH3 is 1. The summed E-state index contributed by atoms with van der Waals surface area (Å²) in [6, 6.07) is 20.5. The van der Waals surface area contributed by atoms with Crippen LogP contribution in [0.5, 0.6) is 5.75 Å². The molecular weight excluding hydrogens is 893 g/mol. The Morgan fingerprint density at radius 1 is 0.613 bits per heavy atom. The van der Waals surface area contributed by atoms with Gasteiger partial charge in [0, 0.05) is 33.8 Å². The molecule has 0 fully saturated rings. The Morgan fingerprint density at radius 3 is 1.68 bits per heavy atom. The summed E-state index contributed by atoms with van der Waals surface area (Å²) in [6.45, 7) is 3.14. The van der Waals surface area contributed by atoms with E-state index in [4.69, 9.17) is 4.74 Å². The molecule has 0 bridgehead atoms. The monoisotopic (exact) mass is 922 g/mol. The molecule has 1 aromatic heterocycles. The molecule has 1 heterocycles. The first-order valence-corrected chi connectivity index (χ1v) is 22.9. The van der Waals surface area contributed by atoms with E-state index in [0.717, 1.165) is 36.4 Å². The van der Waals surface area contributed by atoms with Gasteiger partial charge in [0.05, 0.1) is 28.2 Å². The van der Waals surface area contributed by atoms with Gasteiger partial charge in [0.25, 0.3) is 40.5 Å². The van der Waals surface area contributed by atoms with Crippen LogP contribution in [-0.2, 0) is 40.5 Å². The first-order chi connectivity index (χ1) is 29.0. The van der Waals surface area contributed by atoms with Crippen molar-refractivity contribution in [1.82, 2.24) is 4.98 Å². The van der Waals surface area contributed by atoms with E-state index in [-0.39, 0.29) is 78.3 Å². The van der Waals surface area contributed by atoms with Gasteiger partial charge in [-0.3, -0.25) is 18.2 Å². The summed E-state index contributed by atoms with van der Waals surface area (Å²) in [5.41, 5.74) is 1.05. The van der Waals surface area contributed by atoms with Gasteiger partial charge in [-0.15, -0.1) is 15.3 Å². The summed E-state index contributed by atoms with van der Waals surface area (Å²) in [7, 11) is -17.5. The lowest BCUT2D eigenvalue weighted by atomic mass is 10.1. The summed E-state index contributed by atoms with van der Waals surface area (Å²) in [5, 5.41) is 32.6. The predicted molar refractivity (Wildman–Crippen MR) is 222 cm³/mol. The number of anilines is 4. The fourth-order valence-electron chi connectivity index (χ4n) is 5.91. The zero-order valence-corrected chi connectivity index (χ0v) is 35.2. The van der Waals surface area contributed by atoms with E-state index >= 15 is 0 Å². The third-order valence-corrected chi connectivity index (χ3v) is 12.5. The first-order valence-electron chi connectivity index (χ1n) is 17.2. The highest BCUT2D eigenvalue weighted by Gasteiger charge is 2.24. The number of nitrogens with zero attached hydrogens (tertiary/aromatic N) is 6. The smallest absolute Gasteiger partial charge is 0.297 e. The third-order valence-electron chi connectivity index (χ3n) is 8.86. The summed E-state index contributed by atoms with van der Waals surface area (Å²) < 4.78 is 139. The van der Waals surface area contributed by atoms with Gasteiger partial charge in [0.15, 0.2) is 11.6 Å². The largest absolute Gasteiger partial charge is 0.494 e. The molecule has 0 atom stereocenters. The molecule has 0 amide bonds. The topological polar surface area (TPSA) is 337 Å². The van der Waals surface area contributed by atoms with E-state index in [1.165, 1.54) is 68.6 Å². The number of nitrogens with one attached hydrogen (secondary N) is 2. The quantitative estimate of drug-likeness (QED) is 0.0471. The van der Waals surface area contributed by atoms with Crippen molar-refractivity contribution in [3.63, 3.8) is 0 Å². The van der Waals surface area contributed by atoms with E-state index in [2.05, 4.69) is 36.1 Å². The van der Waals surface area contributed by atoms with Crippen molar-refractivity contribution in [2.75, 3.05) is 17.7 Å². The van der Waals surface area contributed by atoms with E-state index in [1.807, 2.05) is 6.07 Å². The summed E-state index contributed by atoms with van der Waals surface area (Å²) in [5.74, 6) is 0.0376. The Labute approximate surface area is 353 Å². The van der Waals surface area contributed by atoms with E-state index in [0.29, 0.717) is 5.56 Å². The molecule has 25 heteroatoms. The van der Waals surface area contributed by atoms with Crippen LogP contribution in [0, 0.1) is 25.2 Å². The minimum absolute atomic E-state index is 0.0161. The van der Waals surface area contributed by atoms with Crippen molar-refractivity contribution in [2.45, 2.75) is 33.4 Å². The Morgan fingerprint density at radius 2 is 1.16 bits per heavy atom. The van der Waals surface area contributed by atoms with Crippen LogP contribution in [0.1, 0.15) is 16.7 Å². The van der Waals surface area contributed by atoms with E-state index in [9.17, 15) is 57.1 Å². The van der Waals surface area contributed by atoms with Gasteiger partial charge in [0.2, 0.25) is 0 Å². The van der Waals surface area contributed by atoms with Crippen molar-refractivity contribution in [3.05, 3.63) is 108 Å². The van der Waals surface area contributed by atoms with Gasteiger partial charge in [-0.2, -0.15) is 44.0 Å². The lowest BCUT2D eigenvalue weighted by molar-refractivity contribution is 0.416. The average molecular weight is 923 g/mol. The number of benzene rings is 5. The van der Waals surface area contributed by atoms with Crippen LogP contribution >= 0.6 is 0 Å². The predicted octanol–water partition coefficient (Wildman–Crippen LogP) is 8.04. The van der Waals surface area contributed by atoms with Crippen molar-refractivity contribution in [3.8, 4) is 11.8 Å². The maximum atomic E-state index is 12.5. The standard InChI is InChI=1S/C37H30N8O13S4/c1-20-17-31(32(58-3)18-30(20)43-42-29-16-15-26-27(35(29)62(55,56)57)5-4-6-33(26)61(52,53)54)44-45-34-21(2)28(19-38)36(39-22-7-11-24(12-8-22)59(46,47)48)41-37(34)40-23-9-13-25(14-10-23)60(49,50)51/h4-18H,1-3H3,(H2,39,40,41)(H,46,47,48)(H,49,50,51)(H,52,53,54)(H,55,56,57). The number of pyridine rings is 1. The van der Waals surface area contributed by atoms with Crippen molar-refractivity contribution in [1.29, 1.82) is 5.26 Å². The molecule has 6 rings (SSSR count). The van der Waals surface area contributed by atoms with Gasteiger partial charge >= 0.3 is 0 Å². The SMILES string of the molecule is COc1cc(N=Nc2ccc3c(S(=O)(=O)O)cccc3c2S(=O)(=O)O)c(C)cc1N=Nc1c(Nc2ccc(S(=O)(=O)O)cc2)nc(Nc2ccc(S(=O)(=O)O)cc2)c(C#N)c1C. The number of hydrogen-bond donors (Lipinski definition) is 6. The molecule has 0 saturated carbocycles. The third kappa shape index (κ3) is 9.72. The minimum atomic E-state index is -5.03. The Kier molecular flexibility index (Phi) is 12.2. The highest BCUT2D eigenvalue weighted by molar-refractivity contribution is 7.87. The van der Waals surface area contributed by atoms with Crippen LogP contribution in [0.3, 0.4) is 0 Å². The second-order valence-electron chi connectivity index (χ2n) is 12.9. The molecule has 320 valence electrons. The number of aryl methyl sites for hydroxylation is 1. The zero-order chi connectivity index (χ0) is 45.4. The molecule has 0 saturated heterocycles. The molecule has 6 aromatic rings. The molecule has 0 aliphatic carbocycles. The van der Waals surface area contributed by atoms with Gasteiger partial charge in [-0.25, -0.2) is 4.98 Å². The number of nitriles is 1. The molecule has 0 spiro atoms. The number of ether oxygens (including phenoxy) is 1. The molecule has 62 heavy (non-hydrogen) atoms. The molecule has 0 radical (unpaired) electrons. The Balaban J connectivity index is 1.41. The van der Waals surface area contributed by atoms with Crippen LogP contribution < -0.4 is 15.4 Å². The maximum Gasteiger partial charge on any atom is 0.297 e. The fraction of sp³-hybridized carbons (Fsp3) is 0.0811. The van der Waals surface area contributed by atoms with Gasteiger partial charge in [-0.05, 0) is 86.1 Å². The van der Waals surface area contributed by atoms with Gasteiger partial charge < -0.3 is 15.4 Å². The molecule has 0 unspecified atom stereocenters. The molecule has 0 aliphatic heterocycles. The van der Waals surface area contributed by atoms with E-state index in [1.54, 1.807) is 6.92 Å². The number of azo groups is 2. The van der Waals surface area contributed by atoms with Crippen LogP contribution in [-0.4, -0.2) is 64.0 Å². The molecule has 21 nitrogen and oxygen atoms in total. The maximum absolute atomic E-state index is 12.5. The Hall–Kier alpha value is -6.76. The summed E-state index contributed by atoms with van der Waals surface area (Å²) in [4.78, 5) is 2.41.